The topological polar surface area (TPSA) is 157 Å². The summed E-state index contributed by atoms with van der Waals surface area (Å²) in [6.45, 7) is 7.78. The van der Waals surface area contributed by atoms with E-state index >= 15 is 0 Å². The maximum absolute atomic E-state index is 13.1. The van der Waals surface area contributed by atoms with Gasteiger partial charge in [-0.1, -0.05) is 6.92 Å². The highest BCUT2D eigenvalue weighted by Gasteiger charge is 2.60. The molecule has 6 N–H and O–H groups in total. The number of piperidine rings is 1. The van der Waals surface area contributed by atoms with Crippen LogP contribution in [-0.4, -0.2) is 101 Å². The Bertz CT molecular complexity index is 961. The molecule has 0 radical (unpaired) electrons. The summed E-state index contributed by atoms with van der Waals surface area (Å²) < 4.78 is 0. The number of likely N-dealkylation sites (tertiary alicyclic amines) is 1. The van der Waals surface area contributed by atoms with Gasteiger partial charge in [-0.05, 0) is 40.2 Å². The zero-order chi connectivity index (χ0) is 26.4. The molecule has 200 valence electrons. The van der Waals surface area contributed by atoms with Crippen LogP contribution in [-0.2, 0) is 19.2 Å². The molecule has 0 saturated carbocycles. The van der Waals surface area contributed by atoms with E-state index in [2.05, 4.69) is 16.0 Å². The summed E-state index contributed by atoms with van der Waals surface area (Å²) in [5.74, 6) is -2.18. The molecule has 4 heterocycles. The molecule has 1 unspecified atom stereocenters. The van der Waals surface area contributed by atoms with E-state index in [4.69, 9.17) is 5.73 Å². The van der Waals surface area contributed by atoms with Gasteiger partial charge in [0.2, 0.25) is 17.7 Å². The zero-order valence-electron chi connectivity index (χ0n) is 21.4. The minimum absolute atomic E-state index is 0.0234. The fourth-order valence-corrected chi connectivity index (χ4v) is 7.35. The lowest BCUT2D eigenvalue weighted by atomic mass is 9.78. The van der Waals surface area contributed by atoms with E-state index in [9.17, 15) is 24.3 Å². The lowest BCUT2D eigenvalue weighted by Crippen LogP contribution is -2.66. The third kappa shape index (κ3) is 5.00. The van der Waals surface area contributed by atoms with Crippen molar-refractivity contribution in [2.24, 2.45) is 17.6 Å². The van der Waals surface area contributed by atoms with Crippen LogP contribution in [0, 0.1) is 11.8 Å². The number of hydrogen-bond donors (Lipinski definition) is 5. The summed E-state index contributed by atoms with van der Waals surface area (Å²) in [5.41, 5.74) is 6.01. The summed E-state index contributed by atoms with van der Waals surface area (Å²) in [6.07, 6.45) is 2.15. The Morgan fingerprint density at radius 2 is 1.97 bits per heavy atom. The first-order valence-electron chi connectivity index (χ1n) is 12.7. The molecule has 0 aromatic rings. The van der Waals surface area contributed by atoms with Gasteiger partial charge < -0.3 is 36.6 Å². The third-order valence-electron chi connectivity index (χ3n) is 7.96. The van der Waals surface area contributed by atoms with Crippen LogP contribution in [0.15, 0.2) is 10.6 Å². The van der Waals surface area contributed by atoms with E-state index in [0.29, 0.717) is 31.0 Å². The van der Waals surface area contributed by atoms with Crippen molar-refractivity contribution in [2.45, 2.75) is 68.9 Å². The van der Waals surface area contributed by atoms with E-state index in [1.807, 2.05) is 18.7 Å². The quantitative estimate of drug-likeness (QED) is 0.260. The first-order valence-corrected chi connectivity index (χ1v) is 13.6. The van der Waals surface area contributed by atoms with Gasteiger partial charge in [-0.2, -0.15) is 0 Å². The number of β-lactam (4-membered cyclic amide) rings is 1. The summed E-state index contributed by atoms with van der Waals surface area (Å²) >= 11 is 1.47. The number of aliphatic carboxylic acids is 1. The third-order valence-corrected chi connectivity index (χ3v) is 9.47. The molecule has 0 aromatic carbocycles. The van der Waals surface area contributed by atoms with Gasteiger partial charge in [0.15, 0.2) is 0 Å². The van der Waals surface area contributed by atoms with Crippen LogP contribution < -0.4 is 21.7 Å². The first kappa shape index (κ1) is 26.9. The van der Waals surface area contributed by atoms with Crippen LogP contribution in [0.2, 0.25) is 0 Å². The van der Waals surface area contributed by atoms with Crippen LogP contribution in [0.4, 0.5) is 0 Å². The highest BCUT2D eigenvalue weighted by Crippen LogP contribution is 2.51. The molecular weight excluding hydrogens is 484 g/mol. The number of nitrogens with zero attached hydrogens (tertiary/aromatic N) is 2. The molecule has 11 nitrogen and oxygen atoms in total. The number of carboxylic acid groups (broad SMARTS) is 1. The number of carbonyl (C=O) groups is 4. The van der Waals surface area contributed by atoms with Crippen molar-refractivity contribution < 1.29 is 24.3 Å². The van der Waals surface area contributed by atoms with Crippen LogP contribution in [0.1, 0.15) is 40.0 Å². The summed E-state index contributed by atoms with van der Waals surface area (Å²) in [7, 11) is 1.67. The maximum atomic E-state index is 13.1. The van der Waals surface area contributed by atoms with E-state index < -0.39 is 17.9 Å². The predicted octanol–water partition coefficient (Wildman–Crippen LogP) is -0.713. The molecule has 3 fully saturated rings. The standard InChI is InChI=1S/C24H38N6O5S/c1-12-18-17(13(2)28-16(31)11-26-4)22(33)30(18)19(23(34)35)20(12)36-14-9-15(27-10-14)21(32)29-7-5-24(3,25)6-8-29/h12-15,17-18,26-27H,5-11,25H2,1-4H3,(H,28,31)(H,34,35)/t12-,13-,14+,15?,17-,18+/m1/s1. The van der Waals surface area contributed by atoms with Crippen molar-refractivity contribution in [3.05, 3.63) is 10.6 Å². The molecule has 4 aliphatic rings. The number of nitrogens with one attached hydrogen (secondary N) is 3. The number of likely N-dealkylation sites (N-methyl/N-ethyl adjacent to an activating group) is 1. The number of carbonyl (C=O) groups excluding carboxylic acids is 3. The van der Waals surface area contributed by atoms with Crippen LogP contribution in [0.25, 0.3) is 0 Å². The number of thioether (sulfide) groups is 1. The highest BCUT2D eigenvalue weighted by atomic mass is 32.2. The molecule has 3 saturated heterocycles. The van der Waals surface area contributed by atoms with Gasteiger partial charge in [-0.3, -0.25) is 14.4 Å². The van der Waals surface area contributed by atoms with Gasteiger partial charge in [0, 0.05) is 47.3 Å². The van der Waals surface area contributed by atoms with E-state index in [1.165, 1.54) is 16.7 Å². The fraction of sp³-hybridized carbons (Fsp3) is 0.750. The van der Waals surface area contributed by atoms with E-state index in [-0.39, 0.29) is 58.8 Å². The fourth-order valence-electron chi connectivity index (χ4n) is 5.87. The van der Waals surface area contributed by atoms with Gasteiger partial charge in [0.05, 0.1) is 24.5 Å². The van der Waals surface area contributed by atoms with Crippen molar-refractivity contribution in [1.29, 1.82) is 0 Å². The van der Waals surface area contributed by atoms with Crippen molar-refractivity contribution in [3.63, 3.8) is 0 Å². The molecule has 3 amide bonds. The molecule has 0 aliphatic carbocycles. The van der Waals surface area contributed by atoms with Crippen LogP contribution in [0.5, 0.6) is 0 Å². The molecule has 0 spiro atoms. The van der Waals surface area contributed by atoms with Crippen molar-refractivity contribution >= 4 is 35.5 Å². The maximum Gasteiger partial charge on any atom is 0.353 e. The first-order chi connectivity index (χ1) is 16.9. The molecular formula is C24H38N6O5S. The lowest BCUT2D eigenvalue weighted by molar-refractivity contribution is -0.158. The normalized spacial score (nSPS) is 32.2. The summed E-state index contributed by atoms with van der Waals surface area (Å²) in [6, 6.07) is -1.01. The van der Waals surface area contributed by atoms with E-state index in [0.717, 1.165) is 12.8 Å². The second-order valence-corrected chi connectivity index (χ2v) is 12.2. The van der Waals surface area contributed by atoms with Crippen LogP contribution >= 0.6 is 11.8 Å². The molecule has 6 atom stereocenters. The Labute approximate surface area is 215 Å². The average molecular weight is 523 g/mol. The van der Waals surface area contributed by atoms with Crippen LogP contribution in [0.3, 0.4) is 0 Å². The van der Waals surface area contributed by atoms with Gasteiger partial charge in [-0.15, -0.1) is 11.8 Å². The van der Waals surface area contributed by atoms with Gasteiger partial charge in [0.1, 0.15) is 5.70 Å². The van der Waals surface area contributed by atoms with Gasteiger partial charge in [-0.25, -0.2) is 4.79 Å². The Morgan fingerprint density at radius 3 is 2.58 bits per heavy atom. The largest absolute Gasteiger partial charge is 0.477 e. The molecule has 4 aliphatic heterocycles. The van der Waals surface area contributed by atoms with Crippen molar-refractivity contribution in [1.82, 2.24) is 25.8 Å². The Morgan fingerprint density at radius 1 is 1.31 bits per heavy atom. The number of carboxylic acids is 1. The number of nitrogens with two attached hydrogens (primary N) is 1. The highest BCUT2D eigenvalue weighted by molar-refractivity contribution is 8.03. The second kappa shape index (κ2) is 10.3. The monoisotopic (exact) mass is 522 g/mol. The predicted molar refractivity (Wildman–Crippen MR) is 136 cm³/mol. The second-order valence-electron chi connectivity index (χ2n) is 10.8. The Hall–Kier alpha value is -2.15. The Kier molecular flexibility index (Phi) is 7.70. The minimum atomic E-state index is -1.12. The lowest BCUT2D eigenvalue weighted by Gasteiger charge is -2.47. The summed E-state index contributed by atoms with van der Waals surface area (Å²) in [5, 5.41) is 19.0. The number of fused-ring (bicyclic) bond motifs is 1. The number of rotatable bonds is 8. The molecule has 12 heteroatoms. The van der Waals surface area contributed by atoms with Gasteiger partial charge in [0.25, 0.3) is 0 Å². The zero-order valence-corrected chi connectivity index (χ0v) is 22.2. The SMILES string of the molecule is CNCC(=O)N[C@H](C)[C@H]1C(=O)N2C(C(=O)O)=C(S[C@@H]3CNC(C(=O)N4CCC(C)(N)CC4)C3)[C@H](C)[C@@H]12. The molecule has 0 bridgehead atoms. The molecule has 36 heavy (non-hydrogen) atoms. The minimum Gasteiger partial charge on any atom is -0.477 e. The Balaban J connectivity index is 1.41. The smallest absolute Gasteiger partial charge is 0.353 e. The van der Waals surface area contributed by atoms with Crippen molar-refractivity contribution in [2.75, 3.05) is 33.2 Å². The number of amides is 3. The molecule has 0 aromatic heterocycles. The van der Waals surface area contributed by atoms with E-state index in [1.54, 1.807) is 14.0 Å². The number of hydrogen-bond acceptors (Lipinski definition) is 8. The average Bonchev–Trinajstić information content (AvgIpc) is 3.35. The summed E-state index contributed by atoms with van der Waals surface area (Å²) in [4.78, 5) is 54.2. The van der Waals surface area contributed by atoms with Gasteiger partial charge >= 0.3 is 5.97 Å². The van der Waals surface area contributed by atoms with Crippen molar-refractivity contribution in [3.8, 4) is 0 Å². The molecule has 4 rings (SSSR count).